The van der Waals surface area contributed by atoms with Gasteiger partial charge in [-0.25, -0.2) is 4.79 Å². The Morgan fingerprint density at radius 3 is 2.34 bits per heavy atom. The average Bonchev–Trinajstić information content (AvgIpc) is 3.46. The summed E-state index contributed by atoms with van der Waals surface area (Å²) in [7, 11) is 2.20. The van der Waals surface area contributed by atoms with Gasteiger partial charge in [-0.15, -0.1) is 0 Å². The maximum Gasteiger partial charge on any atom is 0.490 e. The summed E-state index contributed by atoms with van der Waals surface area (Å²) in [4.78, 5) is 13.8. The van der Waals surface area contributed by atoms with E-state index < -0.39 is 12.1 Å². The highest BCUT2D eigenvalue weighted by Gasteiger charge is 2.38. The summed E-state index contributed by atoms with van der Waals surface area (Å²) < 4.78 is 31.7. The van der Waals surface area contributed by atoms with Gasteiger partial charge in [0.1, 0.15) is 0 Å². The number of carboxylic acids is 1. The fraction of sp³-hybridized carbons (Fsp3) is 0.571. The highest BCUT2D eigenvalue weighted by atomic mass is 19.4. The molecule has 0 radical (unpaired) electrons. The molecule has 0 unspecified atom stereocenters. The Kier molecular flexibility index (Phi) is 8.24. The number of carboxylic acid groups (broad SMARTS) is 1. The molecule has 0 bridgehead atoms. The SMILES string of the molecule is C[C@H](N)c1ccc(CN2CCN(C)CC2)cc1/C=C/C1CC1.O=C(O)C(F)(F)F. The molecule has 2 fully saturated rings. The minimum absolute atomic E-state index is 0.0940. The maximum absolute atomic E-state index is 10.6. The molecule has 1 aromatic rings. The number of rotatable bonds is 5. The van der Waals surface area contributed by atoms with Crippen molar-refractivity contribution >= 4 is 12.0 Å². The minimum Gasteiger partial charge on any atom is -0.475 e. The number of halogens is 3. The average molecular weight is 413 g/mol. The number of carbonyl (C=O) groups is 1. The second-order valence-corrected chi connectivity index (χ2v) is 7.83. The molecular formula is C21H30F3N3O2. The van der Waals surface area contributed by atoms with Crippen LogP contribution in [0.25, 0.3) is 6.08 Å². The lowest BCUT2D eigenvalue weighted by Crippen LogP contribution is -2.43. The van der Waals surface area contributed by atoms with Gasteiger partial charge < -0.3 is 15.7 Å². The quantitative estimate of drug-likeness (QED) is 0.773. The van der Waals surface area contributed by atoms with Crippen LogP contribution >= 0.6 is 0 Å². The molecule has 2 aliphatic rings. The Bertz CT molecular complexity index is 708. The van der Waals surface area contributed by atoms with Crippen LogP contribution in [0.4, 0.5) is 13.2 Å². The van der Waals surface area contributed by atoms with Gasteiger partial charge in [-0.3, -0.25) is 4.90 Å². The first-order valence-electron chi connectivity index (χ1n) is 9.84. The number of alkyl halides is 3. The van der Waals surface area contributed by atoms with Gasteiger partial charge in [0.15, 0.2) is 0 Å². The van der Waals surface area contributed by atoms with Crippen LogP contribution in [-0.2, 0) is 11.3 Å². The van der Waals surface area contributed by atoms with E-state index in [-0.39, 0.29) is 6.04 Å². The summed E-state index contributed by atoms with van der Waals surface area (Å²) in [6, 6.07) is 6.92. The van der Waals surface area contributed by atoms with Crippen LogP contribution in [0.3, 0.4) is 0 Å². The van der Waals surface area contributed by atoms with E-state index in [0.29, 0.717) is 0 Å². The molecule has 8 heteroatoms. The zero-order valence-corrected chi connectivity index (χ0v) is 17.0. The highest BCUT2D eigenvalue weighted by molar-refractivity contribution is 5.73. The molecule has 3 N–H and O–H groups in total. The Morgan fingerprint density at radius 1 is 1.28 bits per heavy atom. The van der Waals surface area contributed by atoms with Crippen molar-refractivity contribution in [1.29, 1.82) is 0 Å². The van der Waals surface area contributed by atoms with Crippen molar-refractivity contribution < 1.29 is 23.1 Å². The summed E-state index contributed by atoms with van der Waals surface area (Å²) in [5.74, 6) is -1.95. The van der Waals surface area contributed by atoms with Gasteiger partial charge in [0, 0.05) is 38.8 Å². The Balaban J connectivity index is 0.000000370. The van der Waals surface area contributed by atoms with E-state index in [1.807, 2.05) is 0 Å². The number of hydrogen-bond acceptors (Lipinski definition) is 4. The molecule has 3 rings (SSSR count). The van der Waals surface area contributed by atoms with Crippen LogP contribution in [0.1, 0.15) is 42.5 Å². The third-order valence-corrected chi connectivity index (χ3v) is 5.06. The van der Waals surface area contributed by atoms with Gasteiger partial charge in [0.25, 0.3) is 0 Å². The summed E-state index contributed by atoms with van der Waals surface area (Å²) in [6.45, 7) is 7.80. The number of nitrogens with zero attached hydrogens (tertiary/aromatic N) is 2. The van der Waals surface area contributed by atoms with E-state index in [1.54, 1.807) is 0 Å². The number of likely N-dealkylation sites (N-methyl/N-ethyl adjacent to an activating group) is 1. The van der Waals surface area contributed by atoms with Crippen molar-refractivity contribution in [1.82, 2.24) is 9.80 Å². The van der Waals surface area contributed by atoms with Crippen molar-refractivity contribution in [2.75, 3.05) is 33.2 Å². The number of nitrogens with two attached hydrogens (primary N) is 1. The predicted molar refractivity (Wildman–Crippen MR) is 107 cm³/mol. The fourth-order valence-corrected chi connectivity index (χ4v) is 3.07. The summed E-state index contributed by atoms with van der Waals surface area (Å²) in [6.07, 6.45) is 2.28. The molecule has 1 saturated heterocycles. The van der Waals surface area contributed by atoms with E-state index >= 15 is 0 Å². The predicted octanol–water partition coefficient (Wildman–Crippen LogP) is 3.51. The molecule has 1 atom stereocenters. The Hall–Kier alpha value is -1.90. The van der Waals surface area contributed by atoms with Crippen LogP contribution in [0, 0.1) is 5.92 Å². The highest BCUT2D eigenvalue weighted by Crippen LogP contribution is 2.31. The van der Waals surface area contributed by atoms with Crippen LogP contribution in [-0.4, -0.2) is 60.3 Å². The van der Waals surface area contributed by atoms with Gasteiger partial charge >= 0.3 is 12.1 Å². The van der Waals surface area contributed by atoms with Crippen molar-refractivity contribution in [3.05, 3.63) is 41.0 Å². The van der Waals surface area contributed by atoms with Gasteiger partial charge in [-0.05, 0) is 49.4 Å². The monoisotopic (exact) mass is 413 g/mol. The topological polar surface area (TPSA) is 69.8 Å². The first-order chi connectivity index (χ1) is 13.6. The van der Waals surface area contributed by atoms with Gasteiger partial charge in [-0.2, -0.15) is 13.2 Å². The van der Waals surface area contributed by atoms with Crippen molar-refractivity contribution in [3.63, 3.8) is 0 Å². The summed E-state index contributed by atoms with van der Waals surface area (Å²) in [5, 5.41) is 7.12. The first kappa shape index (κ1) is 23.4. The van der Waals surface area contributed by atoms with Gasteiger partial charge in [0.05, 0.1) is 0 Å². The lowest BCUT2D eigenvalue weighted by molar-refractivity contribution is -0.192. The van der Waals surface area contributed by atoms with E-state index in [0.717, 1.165) is 12.5 Å². The smallest absolute Gasteiger partial charge is 0.475 e. The molecule has 5 nitrogen and oxygen atoms in total. The number of hydrogen-bond donors (Lipinski definition) is 2. The molecule has 1 aliphatic heterocycles. The van der Waals surface area contributed by atoms with Crippen molar-refractivity contribution in [2.45, 2.75) is 38.5 Å². The molecule has 0 spiro atoms. The number of allylic oxidation sites excluding steroid dienone is 1. The van der Waals surface area contributed by atoms with Crippen LogP contribution in [0.5, 0.6) is 0 Å². The molecule has 1 heterocycles. The second-order valence-electron chi connectivity index (χ2n) is 7.83. The molecular weight excluding hydrogens is 383 g/mol. The second kappa shape index (κ2) is 10.2. The molecule has 1 saturated carbocycles. The molecule has 1 aliphatic carbocycles. The largest absolute Gasteiger partial charge is 0.490 e. The molecule has 0 aromatic heterocycles. The zero-order chi connectivity index (χ0) is 21.6. The number of piperazine rings is 1. The molecule has 162 valence electrons. The third-order valence-electron chi connectivity index (χ3n) is 5.06. The van der Waals surface area contributed by atoms with Gasteiger partial charge in [0.2, 0.25) is 0 Å². The third kappa shape index (κ3) is 8.16. The van der Waals surface area contributed by atoms with Crippen molar-refractivity contribution in [2.24, 2.45) is 11.7 Å². The molecule has 1 aromatic carbocycles. The van der Waals surface area contributed by atoms with E-state index in [4.69, 9.17) is 15.6 Å². The van der Waals surface area contributed by atoms with E-state index in [9.17, 15) is 13.2 Å². The molecule has 29 heavy (non-hydrogen) atoms. The number of benzene rings is 1. The number of aliphatic carboxylic acids is 1. The van der Waals surface area contributed by atoms with Crippen molar-refractivity contribution in [3.8, 4) is 0 Å². The maximum atomic E-state index is 10.6. The first-order valence-corrected chi connectivity index (χ1v) is 9.84. The van der Waals surface area contributed by atoms with E-state index in [2.05, 4.69) is 54.1 Å². The lowest BCUT2D eigenvalue weighted by atomic mass is 9.98. The lowest BCUT2D eigenvalue weighted by Gasteiger charge is -2.32. The van der Waals surface area contributed by atoms with E-state index in [1.165, 1.54) is 55.7 Å². The Labute approximate surface area is 170 Å². The Morgan fingerprint density at radius 2 is 1.86 bits per heavy atom. The van der Waals surface area contributed by atoms with Crippen LogP contribution in [0.15, 0.2) is 24.3 Å². The van der Waals surface area contributed by atoms with Gasteiger partial charge in [-0.1, -0.05) is 30.4 Å². The summed E-state index contributed by atoms with van der Waals surface area (Å²) >= 11 is 0. The minimum atomic E-state index is -5.08. The summed E-state index contributed by atoms with van der Waals surface area (Å²) in [5.41, 5.74) is 10.1. The zero-order valence-electron chi connectivity index (χ0n) is 17.0. The van der Waals surface area contributed by atoms with Crippen LogP contribution in [0.2, 0.25) is 0 Å². The fourth-order valence-electron chi connectivity index (χ4n) is 3.07. The van der Waals surface area contributed by atoms with Crippen LogP contribution < -0.4 is 5.73 Å². The molecule has 0 amide bonds. The standard InChI is InChI=1S/C19H29N3.C2HF3O2/c1-15(20)19-8-6-17(13-18(19)7-5-16-3-4-16)14-22-11-9-21(2)10-12-22;3-2(4,5)1(6)7/h5-8,13,15-16H,3-4,9-12,14,20H2,1-2H3;(H,6,7)/b7-5+;/t15-;/m0./s1. The normalized spacial score (nSPS) is 19.7.